The number of aliphatic imine (C=N–C) groups is 1. The number of nitrogens with zero attached hydrogens (tertiary/aromatic N) is 1. The van der Waals surface area contributed by atoms with Crippen LogP contribution < -0.4 is 5.32 Å². The van der Waals surface area contributed by atoms with Crippen LogP contribution in [0.25, 0.3) is 6.08 Å². The summed E-state index contributed by atoms with van der Waals surface area (Å²) < 4.78 is 6.29. The van der Waals surface area contributed by atoms with Crippen LogP contribution in [0.3, 0.4) is 0 Å². The van der Waals surface area contributed by atoms with E-state index in [0.29, 0.717) is 10.1 Å². The summed E-state index contributed by atoms with van der Waals surface area (Å²) in [5, 5.41) is 3.35. The number of furan rings is 1. The number of allylic oxidation sites excluding steroid dienone is 2. The molecule has 0 spiro atoms. The molecule has 6 heteroatoms. The Morgan fingerprint density at radius 2 is 2.18 bits per heavy atom. The third kappa shape index (κ3) is 3.89. The van der Waals surface area contributed by atoms with Gasteiger partial charge >= 0.3 is 0 Å². The van der Waals surface area contributed by atoms with E-state index in [1.807, 2.05) is 36.4 Å². The van der Waals surface area contributed by atoms with Gasteiger partial charge in [-0.25, -0.2) is 4.99 Å². The van der Waals surface area contributed by atoms with Crippen molar-refractivity contribution >= 4 is 57.2 Å². The van der Waals surface area contributed by atoms with E-state index in [0.717, 1.165) is 15.0 Å². The van der Waals surface area contributed by atoms with E-state index < -0.39 is 0 Å². The lowest BCUT2D eigenvalue weighted by atomic mass is 10.3. The molecule has 4 nitrogen and oxygen atoms in total. The van der Waals surface area contributed by atoms with E-state index in [-0.39, 0.29) is 5.91 Å². The molecule has 1 aromatic carbocycles. The zero-order valence-electron chi connectivity index (χ0n) is 11.3. The van der Waals surface area contributed by atoms with Crippen molar-refractivity contribution in [2.75, 3.05) is 0 Å². The normalized spacial score (nSPS) is 18.5. The summed E-state index contributed by atoms with van der Waals surface area (Å²) in [6.45, 7) is 0. The maximum Gasteiger partial charge on any atom is 0.264 e. The smallest absolute Gasteiger partial charge is 0.264 e. The number of amides is 1. The highest BCUT2D eigenvalue weighted by Gasteiger charge is 2.23. The summed E-state index contributed by atoms with van der Waals surface area (Å²) in [6.07, 6.45) is 6.94. The number of nitrogens with one attached hydrogen (secondary N) is 1. The fourth-order valence-electron chi connectivity index (χ4n) is 1.77. The lowest BCUT2D eigenvalue weighted by Crippen LogP contribution is -2.19. The van der Waals surface area contributed by atoms with Gasteiger partial charge in [0, 0.05) is 3.57 Å². The lowest BCUT2D eigenvalue weighted by molar-refractivity contribution is -0.115. The molecule has 3 rings (SSSR count). The first-order valence-electron chi connectivity index (χ1n) is 6.46. The standard InChI is InChI=1S/C16H11IN2O2S/c17-11-4-1-5-12(10-11)18-16-19-15(20)14(22-16)8-2-6-13-7-3-9-21-13/h1-10H,(H,18,19,20). The molecule has 1 aromatic heterocycles. The van der Waals surface area contributed by atoms with Crippen LogP contribution in [0.15, 0.2) is 69.1 Å². The lowest BCUT2D eigenvalue weighted by Gasteiger charge is -1.96. The van der Waals surface area contributed by atoms with Gasteiger partial charge in [-0.05, 0) is 76.8 Å². The van der Waals surface area contributed by atoms with E-state index in [2.05, 4.69) is 32.9 Å². The highest BCUT2D eigenvalue weighted by atomic mass is 127. The molecule has 1 aliphatic heterocycles. The van der Waals surface area contributed by atoms with Gasteiger partial charge < -0.3 is 9.73 Å². The van der Waals surface area contributed by atoms with Gasteiger partial charge in [0.05, 0.1) is 16.9 Å². The second kappa shape index (κ2) is 6.97. The van der Waals surface area contributed by atoms with Crippen LogP contribution in [0.1, 0.15) is 5.76 Å². The van der Waals surface area contributed by atoms with Crippen LogP contribution in [0.2, 0.25) is 0 Å². The number of rotatable bonds is 3. The topological polar surface area (TPSA) is 54.6 Å². The third-order valence-electron chi connectivity index (χ3n) is 2.74. The number of thioether (sulfide) groups is 1. The predicted octanol–water partition coefficient (Wildman–Crippen LogP) is 4.33. The van der Waals surface area contributed by atoms with Gasteiger partial charge in [-0.15, -0.1) is 0 Å². The van der Waals surface area contributed by atoms with E-state index in [9.17, 15) is 4.79 Å². The van der Waals surface area contributed by atoms with Gasteiger partial charge in [-0.2, -0.15) is 0 Å². The zero-order chi connectivity index (χ0) is 15.4. The molecule has 0 saturated carbocycles. The van der Waals surface area contributed by atoms with E-state index in [1.165, 1.54) is 11.8 Å². The summed E-state index contributed by atoms with van der Waals surface area (Å²) in [7, 11) is 0. The van der Waals surface area contributed by atoms with Crippen LogP contribution in [-0.4, -0.2) is 11.1 Å². The third-order valence-corrected chi connectivity index (χ3v) is 4.34. The largest absolute Gasteiger partial charge is 0.465 e. The Hall–Kier alpha value is -1.80. The fraction of sp³-hybridized carbons (Fsp3) is 0. The van der Waals surface area contributed by atoms with Crippen molar-refractivity contribution in [3.63, 3.8) is 0 Å². The first-order chi connectivity index (χ1) is 10.7. The van der Waals surface area contributed by atoms with Crippen LogP contribution in [0, 0.1) is 3.57 Å². The Morgan fingerprint density at radius 1 is 1.27 bits per heavy atom. The van der Waals surface area contributed by atoms with E-state index in [4.69, 9.17) is 4.42 Å². The quantitative estimate of drug-likeness (QED) is 0.592. The van der Waals surface area contributed by atoms with E-state index in [1.54, 1.807) is 24.5 Å². The molecule has 22 heavy (non-hydrogen) atoms. The van der Waals surface area contributed by atoms with Crippen molar-refractivity contribution in [3.8, 4) is 0 Å². The summed E-state index contributed by atoms with van der Waals surface area (Å²) in [6, 6.07) is 11.5. The molecule has 1 aliphatic rings. The Labute approximate surface area is 145 Å². The maximum atomic E-state index is 11.9. The van der Waals surface area contributed by atoms with Crippen LogP contribution >= 0.6 is 34.4 Å². The van der Waals surface area contributed by atoms with Crippen LogP contribution in [0.4, 0.5) is 5.69 Å². The number of amidine groups is 1. The highest BCUT2D eigenvalue weighted by Crippen LogP contribution is 2.26. The van der Waals surface area contributed by atoms with E-state index >= 15 is 0 Å². The van der Waals surface area contributed by atoms with Crippen molar-refractivity contribution in [1.82, 2.24) is 5.32 Å². The second-order valence-corrected chi connectivity index (χ2v) is 6.63. The Morgan fingerprint density at radius 3 is 2.95 bits per heavy atom. The van der Waals surface area contributed by atoms with Gasteiger partial charge in [-0.3, -0.25) is 4.79 Å². The summed E-state index contributed by atoms with van der Waals surface area (Å²) in [5.74, 6) is 0.603. The number of carbonyl (C=O) groups excluding carboxylic acids is 1. The molecular formula is C16H11IN2O2S. The molecule has 1 fully saturated rings. The minimum Gasteiger partial charge on any atom is -0.465 e. The van der Waals surface area contributed by atoms with Gasteiger partial charge in [-0.1, -0.05) is 12.1 Å². The first-order valence-corrected chi connectivity index (χ1v) is 8.35. The average Bonchev–Trinajstić information content (AvgIpc) is 3.10. The molecule has 2 heterocycles. The first kappa shape index (κ1) is 15.1. The number of benzene rings is 1. The van der Waals surface area contributed by atoms with Crippen molar-refractivity contribution < 1.29 is 9.21 Å². The molecule has 0 bridgehead atoms. The van der Waals surface area contributed by atoms with Crippen LogP contribution in [-0.2, 0) is 4.79 Å². The molecule has 110 valence electrons. The molecule has 1 amide bonds. The summed E-state index contributed by atoms with van der Waals surface area (Å²) >= 11 is 3.55. The van der Waals surface area contributed by atoms with Crippen molar-refractivity contribution in [1.29, 1.82) is 0 Å². The molecule has 1 saturated heterocycles. The minimum atomic E-state index is -0.140. The minimum absolute atomic E-state index is 0.140. The van der Waals surface area contributed by atoms with Crippen molar-refractivity contribution in [3.05, 3.63) is 69.0 Å². The monoisotopic (exact) mass is 422 g/mol. The van der Waals surface area contributed by atoms with Gasteiger partial charge in [0.25, 0.3) is 5.91 Å². The molecule has 0 aliphatic carbocycles. The average molecular weight is 422 g/mol. The number of halogens is 1. The molecular weight excluding hydrogens is 411 g/mol. The molecule has 2 aromatic rings. The number of hydrogen-bond donors (Lipinski definition) is 1. The van der Waals surface area contributed by atoms with Gasteiger partial charge in [0.15, 0.2) is 5.17 Å². The molecule has 0 radical (unpaired) electrons. The summed E-state index contributed by atoms with van der Waals surface area (Å²) in [4.78, 5) is 16.9. The molecule has 1 N–H and O–H groups in total. The zero-order valence-corrected chi connectivity index (χ0v) is 14.3. The predicted molar refractivity (Wildman–Crippen MR) is 97.8 cm³/mol. The Balaban J connectivity index is 1.73. The Kier molecular flexibility index (Phi) is 4.79. The fourth-order valence-corrected chi connectivity index (χ4v) is 3.09. The SMILES string of the molecule is O=C1NC(=Nc2cccc(I)c2)SC1=CC=Cc1ccco1. The van der Waals surface area contributed by atoms with Crippen LogP contribution in [0.5, 0.6) is 0 Å². The van der Waals surface area contributed by atoms with Crippen molar-refractivity contribution in [2.24, 2.45) is 4.99 Å². The second-order valence-electron chi connectivity index (χ2n) is 4.36. The van der Waals surface area contributed by atoms with Gasteiger partial charge in [0.2, 0.25) is 0 Å². The number of carbonyl (C=O) groups is 1. The summed E-state index contributed by atoms with van der Waals surface area (Å²) in [5.41, 5.74) is 0.821. The highest BCUT2D eigenvalue weighted by molar-refractivity contribution is 14.1. The Bertz CT molecular complexity index is 779. The van der Waals surface area contributed by atoms with Gasteiger partial charge in [0.1, 0.15) is 5.76 Å². The van der Waals surface area contributed by atoms with Crippen molar-refractivity contribution in [2.45, 2.75) is 0 Å². The number of hydrogen-bond acceptors (Lipinski definition) is 4. The molecule has 0 unspecified atom stereocenters. The maximum absolute atomic E-state index is 11.9. The molecule has 0 atom stereocenters.